The molecule has 0 atom stereocenters. The third-order valence-electron chi connectivity index (χ3n) is 2.92. The highest BCUT2D eigenvalue weighted by molar-refractivity contribution is 4.97. The van der Waals surface area contributed by atoms with Crippen LogP contribution in [0.1, 0.15) is 26.0 Å². The molecule has 0 aliphatic rings. The summed E-state index contributed by atoms with van der Waals surface area (Å²) >= 11 is 0. The first-order valence-corrected chi connectivity index (χ1v) is 6.17. The second-order valence-electron chi connectivity index (χ2n) is 3.99. The van der Waals surface area contributed by atoms with Crippen molar-refractivity contribution in [3.05, 3.63) is 18.2 Å². The molecule has 0 fully saturated rings. The first kappa shape index (κ1) is 13.2. The summed E-state index contributed by atoms with van der Waals surface area (Å²) < 4.78 is 2.24. The van der Waals surface area contributed by atoms with E-state index in [0.717, 1.165) is 26.2 Å². The number of imidazole rings is 1. The Morgan fingerprint density at radius 1 is 1.38 bits per heavy atom. The maximum atomic E-state index is 4.19. The van der Waals surface area contributed by atoms with E-state index in [0.29, 0.717) is 0 Å². The van der Waals surface area contributed by atoms with Crippen LogP contribution in [0.4, 0.5) is 0 Å². The van der Waals surface area contributed by atoms with Crippen molar-refractivity contribution in [3.8, 4) is 0 Å². The summed E-state index contributed by atoms with van der Waals surface area (Å²) in [5.41, 5.74) is 1.27. The topological polar surface area (TPSA) is 33.1 Å². The van der Waals surface area contributed by atoms with Crippen LogP contribution in [0, 0.1) is 0 Å². The van der Waals surface area contributed by atoms with Crippen LogP contribution in [0.2, 0.25) is 0 Å². The smallest absolute Gasteiger partial charge is 0.0948 e. The molecule has 0 radical (unpaired) electrons. The minimum atomic E-state index is 0.894. The van der Waals surface area contributed by atoms with E-state index in [9.17, 15) is 0 Å². The van der Waals surface area contributed by atoms with Gasteiger partial charge >= 0.3 is 0 Å². The molecule has 1 rings (SSSR count). The monoisotopic (exact) mass is 224 g/mol. The summed E-state index contributed by atoms with van der Waals surface area (Å²) in [7, 11) is 1.97. The van der Waals surface area contributed by atoms with E-state index < -0.39 is 0 Å². The van der Waals surface area contributed by atoms with E-state index in [1.165, 1.54) is 18.7 Å². The normalized spacial score (nSPS) is 11.2. The van der Waals surface area contributed by atoms with Crippen LogP contribution in [0.5, 0.6) is 0 Å². The fourth-order valence-electron chi connectivity index (χ4n) is 1.88. The molecule has 4 nitrogen and oxygen atoms in total. The Kier molecular flexibility index (Phi) is 6.11. The van der Waals surface area contributed by atoms with Gasteiger partial charge in [-0.15, -0.1) is 0 Å². The van der Waals surface area contributed by atoms with Gasteiger partial charge in [0.15, 0.2) is 0 Å². The second kappa shape index (κ2) is 7.41. The van der Waals surface area contributed by atoms with Gasteiger partial charge in [0.25, 0.3) is 0 Å². The van der Waals surface area contributed by atoms with E-state index in [1.54, 1.807) is 0 Å². The summed E-state index contributed by atoms with van der Waals surface area (Å²) in [6, 6.07) is 0. The van der Waals surface area contributed by atoms with Crippen molar-refractivity contribution in [2.24, 2.45) is 0 Å². The lowest BCUT2D eigenvalue weighted by Gasteiger charge is -2.18. The summed E-state index contributed by atoms with van der Waals surface area (Å²) in [4.78, 5) is 6.64. The minimum absolute atomic E-state index is 0.894. The Morgan fingerprint density at radius 2 is 2.12 bits per heavy atom. The van der Waals surface area contributed by atoms with E-state index in [1.807, 2.05) is 19.6 Å². The van der Waals surface area contributed by atoms with Crippen molar-refractivity contribution in [3.63, 3.8) is 0 Å². The number of nitrogens with zero attached hydrogens (tertiary/aromatic N) is 3. The molecule has 0 aromatic carbocycles. The molecule has 0 amide bonds. The van der Waals surface area contributed by atoms with E-state index in [-0.39, 0.29) is 0 Å². The van der Waals surface area contributed by atoms with Gasteiger partial charge in [-0.2, -0.15) is 0 Å². The molecule has 92 valence electrons. The fraction of sp³-hybridized carbons (Fsp3) is 0.750. The van der Waals surface area contributed by atoms with Crippen LogP contribution < -0.4 is 5.32 Å². The highest BCUT2D eigenvalue weighted by Crippen LogP contribution is 2.01. The summed E-state index contributed by atoms with van der Waals surface area (Å²) in [5, 5.41) is 3.16. The number of aromatic nitrogens is 2. The summed E-state index contributed by atoms with van der Waals surface area (Å²) in [6.07, 6.45) is 5.05. The SMILES string of the molecule is CCN(CC)CCCn1cncc1CNC. The number of nitrogens with one attached hydrogen (secondary N) is 1. The van der Waals surface area contributed by atoms with Crippen molar-refractivity contribution < 1.29 is 0 Å². The molecule has 0 unspecified atom stereocenters. The predicted octanol–water partition coefficient (Wildman–Crippen LogP) is 1.33. The van der Waals surface area contributed by atoms with Gasteiger partial charge < -0.3 is 14.8 Å². The molecule has 4 heteroatoms. The lowest BCUT2D eigenvalue weighted by atomic mass is 10.3. The van der Waals surface area contributed by atoms with Gasteiger partial charge in [-0.25, -0.2) is 4.98 Å². The third-order valence-corrected chi connectivity index (χ3v) is 2.92. The van der Waals surface area contributed by atoms with Gasteiger partial charge in [-0.3, -0.25) is 0 Å². The maximum Gasteiger partial charge on any atom is 0.0948 e. The van der Waals surface area contributed by atoms with Crippen molar-refractivity contribution >= 4 is 0 Å². The van der Waals surface area contributed by atoms with E-state index in [4.69, 9.17) is 0 Å². The average molecular weight is 224 g/mol. The summed E-state index contributed by atoms with van der Waals surface area (Å²) in [5.74, 6) is 0. The van der Waals surface area contributed by atoms with Crippen LogP contribution in [-0.2, 0) is 13.1 Å². The lowest BCUT2D eigenvalue weighted by Crippen LogP contribution is -2.25. The van der Waals surface area contributed by atoms with Gasteiger partial charge in [0.1, 0.15) is 0 Å². The molecule has 0 aliphatic heterocycles. The van der Waals surface area contributed by atoms with Gasteiger partial charge in [0.2, 0.25) is 0 Å². The van der Waals surface area contributed by atoms with Crippen LogP contribution >= 0.6 is 0 Å². The van der Waals surface area contributed by atoms with Gasteiger partial charge in [-0.1, -0.05) is 13.8 Å². The fourth-order valence-corrected chi connectivity index (χ4v) is 1.88. The standard InChI is InChI=1S/C12H24N4/c1-4-15(5-2)7-6-8-16-11-14-10-12(16)9-13-3/h10-11,13H,4-9H2,1-3H3. The van der Waals surface area contributed by atoms with Crippen molar-refractivity contribution in [1.29, 1.82) is 0 Å². The average Bonchev–Trinajstić information content (AvgIpc) is 2.73. The first-order valence-electron chi connectivity index (χ1n) is 6.17. The zero-order valence-electron chi connectivity index (χ0n) is 10.7. The molecule has 0 saturated heterocycles. The van der Waals surface area contributed by atoms with E-state index in [2.05, 4.69) is 33.6 Å². The number of hydrogen-bond acceptors (Lipinski definition) is 3. The quantitative estimate of drug-likeness (QED) is 0.723. The van der Waals surface area contributed by atoms with Crippen LogP contribution in [0.15, 0.2) is 12.5 Å². The molecule has 0 aliphatic carbocycles. The third kappa shape index (κ3) is 3.94. The largest absolute Gasteiger partial charge is 0.333 e. The molecule has 1 N–H and O–H groups in total. The molecule has 1 aromatic heterocycles. The van der Waals surface area contributed by atoms with E-state index >= 15 is 0 Å². The van der Waals surface area contributed by atoms with Crippen molar-refractivity contribution in [2.75, 3.05) is 26.7 Å². The predicted molar refractivity (Wildman–Crippen MR) is 67.4 cm³/mol. The van der Waals surface area contributed by atoms with Gasteiger partial charge in [-0.05, 0) is 33.1 Å². The van der Waals surface area contributed by atoms with Crippen LogP contribution in [0.3, 0.4) is 0 Å². The Bertz CT molecular complexity index is 278. The number of aryl methyl sites for hydroxylation is 1. The van der Waals surface area contributed by atoms with Gasteiger partial charge in [0, 0.05) is 19.3 Å². The Balaban J connectivity index is 2.33. The molecule has 0 spiro atoms. The first-order chi connectivity index (χ1) is 7.81. The maximum absolute atomic E-state index is 4.19. The second-order valence-corrected chi connectivity index (χ2v) is 3.99. The lowest BCUT2D eigenvalue weighted by molar-refractivity contribution is 0.292. The molecule has 1 heterocycles. The molecule has 0 bridgehead atoms. The zero-order valence-corrected chi connectivity index (χ0v) is 10.7. The molecular formula is C12H24N4. The Labute approximate surface area is 98.7 Å². The minimum Gasteiger partial charge on any atom is -0.333 e. The molecule has 0 saturated carbocycles. The zero-order chi connectivity index (χ0) is 11.8. The Hall–Kier alpha value is -0.870. The Morgan fingerprint density at radius 3 is 2.75 bits per heavy atom. The van der Waals surface area contributed by atoms with Crippen LogP contribution in [-0.4, -0.2) is 41.1 Å². The number of hydrogen-bond donors (Lipinski definition) is 1. The number of rotatable bonds is 8. The van der Waals surface area contributed by atoms with Crippen molar-refractivity contribution in [2.45, 2.75) is 33.4 Å². The van der Waals surface area contributed by atoms with Crippen LogP contribution in [0.25, 0.3) is 0 Å². The van der Waals surface area contributed by atoms with Crippen molar-refractivity contribution in [1.82, 2.24) is 19.8 Å². The molecular weight excluding hydrogens is 200 g/mol. The highest BCUT2D eigenvalue weighted by atomic mass is 15.1. The molecule has 16 heavy (non-hydrogen) atoms. The summed E-state index contributed by atoms with van der Waals surface area (Å²) in [6.45, 7) is 9.84. The molecule has 1 aromatic rings. The van der Waals surface area contributed by atoms with Gasteiger partial charge in [0.05, 0.1) is 12.0 Å². The highest BCUT2D eigenvalue weighted by Gasteiger charge is 2.02.